The monoisotopic (exact) mass is 553 g/mol. The largest absolute Gasteiger partial charge is 0.437 e. The number of anilines is 2. The first-order valence-corrected chi connectivity index (χ1v) is 13.3. The fourth-order valence-electron chi connectivity index (χ4n) is 3.96. The Kier molecular flexibility index (Phi) is 6.59. The third-order valence-electron chi connectivity index (χ3n) is 5.66. The molecule has 3 heterocycles. The number of nitrogens with two attached hydrogens (primary N) is 1. The number of nitrogens with zero attached hydrogens (tertiary/aromatic N) is 5. The number of aryl methyl sites for hydroxylation is 2. The van der Waals surface area contributed by atoms with Crippen LogP contribution in [0.4, 0.5) is 16.0 Å². The zero-order chi connectivity index (χ0) is 27.0. The minimum absolute atomic E-state index is 0.0954. The number of sulfonamides is 1. The summed E-state index contributed by atoms with van der Waals surface area (Å²) in [6, 6.07) is 11.2. The molecule has 3 N–H and O–H groups in total. The standard InChI is InChI=1S/C25H21ClFN7O3S/c1-14-5-6-15-16(23(14)37-24-17(4-3-10-29-24)20-9-11-30-25(28)31-20)7-8-19(27)22(15)33-38(35,36)13-21-18(26)12-34(2)32-21/h3-12,33H,13H2,1-2H3,(H2,28,30,31). The first kappa shape index (κ1) is 25.4. The molecule has 0 aliphatic carbocycles. The summed E-state index contributed by atoms with van der Waals surface area (Å²) in [7, 11) is -2.45. The van der Waals surface area contributed by atoms with Crippen molar-refractivity contribution in [1.29, 1.82) is 0 Å². The summed E-state index contributed by atoms with van der Waals surface area (Å²) >= 11 is 6.07. The highest BCUT2D eigenvalue weighted by Crippen LogP contribution is 2.39. The smallest absolute Gasteiger partial charge is 0.238 e. The second-order valence-electron chi connectivity index (χ2n) is 8.45. The van der Waals surface area contributed by atoms with Gasteiger partial charge in [0.1, 0.15) is 17.3 Å². The molecular formula is C25H21ClFN7O3S. The van der Waals surface area contributed by atoms with Crippen molar-refractivity contribution in [2.24, 2.45) is 7.05 Å². The normalized spacial score (nSPS) is 11.6. The Hall–Kier alpha value is -4.29. The maximum absolute atomic E-state index is 15.0. The van der Waals surface area contributed by atoms with Crippen LogP contribution in [-0.2, 0) is 22.8 Å². The van der Waals surface area contributed by atoms with Crippen LogP contribution >= 0.6 is 11.6 Å². The lowest BCUT2D eigenvalue weighted by molar-refractivity contribution is 0.466. The zero-order valence-corrected chi connectivity index (χ0v) is 21.8. The Bertz CT molecular complexity index is 1790. The fraction of sp³-hybridized carbons (Fsp3) is 0.120. The van der Waals surface area contributed by atoms with Crippen LogP contribution < -0.4 is 15.2 Å². The van der Waals surface area contributed by atoms with E-state index in [1.807, 2.05) is 6.92 Å². The van der Waals surface area contributed by atoms with Gasteiger partial charge in [-0.1, -0.05) is 23.7 Å². The predicted molar refractivity (Wildman–Crippen MR) is 143 cm³/mol. The molecule has 5 rings (SSSR count). The van der Waals surface area contributed by atoms with Gasteiger partial charge >= 0.3 is 0 Å². The number of hydrogen-bond donors (Lipinski definition) is 2. The fourth-order valence-corrected chi connectivity index (χ4v) is 5.45. The van der Waals surface area contributed by atoms with Gasteiger partial charge in [-0.05, 0) is 42.8 Å². The van der Waals surface area contributed by atoms with Gasteiger partial charge in [0.25, 0.3) is 0 Å². The van der Waals surface area contributed by atoms with E-state index in [4.69, 9.17) is 22.1 Å². The number of benzene rings is 2. The van der Waals surface area contributed by atoms with Crippen LogP contribution in [0, 0.1) is 12.7 Å². The molecule has 13 heteroatoms. The van der Waals surface area contributed by atoms with Crippen molar-refractivity contribution in [2.45, 2.75) is 12.7 Å². The van der Waals surface area contributed by atoms with Gasteiger partial charge in [-0.2, -0.15) is 5.10 Å². The second kappa shape index (κ2) is 9.88. The van der Waals surface area contributed by atoms with Gasteiger partial charge in [0.15, 0.2) is 0 Å². The van der Waals surface area contributed by atoms with Gasteiger partial charge in [0.2, 0.25) is 21.9 Å². The Labute approximate surface area is 222 Å². The number of fused-ring (bicyclic) bond motifs is 1. The number of ether oxygens (including phenoxy) is 1. The van der Waals surface area contributed by atoms with Crippen molar-refractivity contribution in [3.05, 3.63) is 83.2 Å². The summed E-state index contributed by atoms with van der Waals surface area (Å²) in [5.41, 5.74) is 7.47. The number of aromatic nitrogens is 5. The van der Waals surface area contributed by atoms with E-state index in [0.717, 1.165) is 5.56 Å². The zero-order valence-electron chi connectivity index (χ0n) is 20.2. The molecule has 0 spiro atoms. The van der Waals surface area contributed by atoms with Gasteiger partial charge in [0, 0.05) is 36.4 Å². The number of halogens is 2. The van der Waals surface area contributed by atoms with E-state index in [-0.39, 0.29) is 28.2 Å². The van der Waals surface area contributed by atoms with Crippen LogP contribution in [0.5, 0.6) is 11.6 Å². The molecule has 38 heavy (non-hydrogen) atoms. The van der Waals surface area contributed by atoms with Crippen molar-refractivity contribution in [3.63, 3.8) is 0 Å². The van der Waals surface area contributed by atoms with Crippen LogP contribution in [0.2, 0.25) is 5.02 Å². The summed E-state index contributed by atoms with van der Waals surface area (Å²) in [5, 5.41) is 5.02. The van der Waals surface area contributed by atoms with Crippen LogP contribution in [0.15, 0.2) is 61.1 Å². The van der Waals surface area contributed by atoms with Gasteiger partial charge in [0.05, 0.1) is 27.7 Å². The molecule has 0 aliphatic heterocycles. The van der Waals surface area contributed by atoms with Crippen molar-refractivity contribution in [3.8, 4) is 22.9 Å². The SMILES string of the molecule is Cc1ccc2c(NS(=O)(=O)Cc3nn(C)cc3Cl)c(F)ccc2c1Oc1ncccc1-c1ccnc(N)n1. The quantitative estimate of drug-likeness (QED) is 0.292. The topological polar surface area (TPSA) is 138 Å². The van der Waals surface area contributed by atoms with Crippen LogP contribution in [0.25, 0.3) is 22.0 Å². The molecule has 0 unspecified atom stereocenters. The highest BCUT2D eigenvalue weighted by atomic mass is 35.5. The number of hydrogen-bond acceptors (Lipinski definition) is 8. The van der Waals surface area contributed by atoms with Crippen LogP contribution in [-0.4, -0.2) is 33.2 Å². The minimum atomic E-state index is -4.07. The van der Waals surface area contributed by atoms with E-state index >= 15 is 4.39 Å². The maximum Gasteiger partial charge on any atom is 0.238 e. The highest BCUT2D eigenvalue weighted by Gasteiger charge is 2.22. The van der Waals surface area contributed by atoms with Gasteiger partial charge in [-0.3, -0.25) is 9.40 Å². The average molecular weight is 554 g/mol. The molecule has 0 saturated carbocycles. The molecular weight excluding hydrogens is 533 g/mol. The molecule has 0 aliphatic rings. The van der Waals surface area contributed by atoms with Gasteiger partial charge < -0.3 is 10.5 Å². The molecule has 0 amide bonds. The van der Waals surface area contributed by atoms with Crippen LogP contribution in [0.3, 0.4) is 0 Å². The van der Waals surface area contributed by atoms with E-state index in [0.29, 0.717) is 27.8 Å². The van der Waals surface area contributed by atoms with E-state index < -0.39 is 21.6 Å². The van der Waals surface area contributed by atoms with Crippen molar-refractivity contribution >= 4 is 44.0 Å². The van der Waals surface area contributed by atoms with Crippen molar-refractivity contribution in [2.75, 3.05) is 10.5 Å². The third-order valence-corrected chi connectivity index (χ3v) is 7.14. The number of nitrogens with one attached hydrogen (secondary N) is 1. The maximum atomic E-state index is 15.0. The number of rotatable bonds is 7. The summed E-state index contributed by atoms with van der Waals surface area (Å²) in [5.74, 6) is -0.581. The molecule has 3 aromatic heterocycles. The van der Waals surface area contributed by atoms with E-state index in [9.17, 15) is 8.42 Å². The molecule has 194 valence electrons. The molecule has 10 nitrogen and oxygen atoms in total. The molecule has 0 atom stereocenters. The molecule has 2 aromatic carbocycles. The summed E-state index contributed by atoms with van der Waals surface area (Å²) in [6.45, 7) is 1.82. The molecule has 0 saturated heterocycles. The highest BCUT2D eigenvalue weighted by molar-refractivity contribution is 7.91. The first-order chi connectivity index (χ1) is 18.1. The average Bonchev–Trinajstić information content (AvgIpc) is 3.18. The van der Waals surface area contributed by atoms with E-state index in [2.05, 4.69) is 24.8 Å². The van der Waals surface area contributed by atoms with E-state index in [1.165, 1.54) is 29.2 Å². The summed E-state index contributed by atoms with van der Waals surface area (Å²) < 4.78 is 50.9. The van der Waals surface area contributed by atoms with E-state index in [1.54, 1.807) is 43.6 Å². The molecule has 0 fully saturated rings. The summed E-state index contributed by atoms with van der Waals surface area (Å²) in [4.78, 5) is 12.5. The lowest BCUT2D eigenvalue weighted by atomic mass is 10.0. The second-order valence-corrected chi connectivity index (χ2v) is 10.6. The number of pyridine rings is 1. The van der Waals surface area contributed by atoms with Gasteiger partial charge in [-0.15, -0.1) is 0 Å². The number of nitrogen functional groups attached to an aromatic ring is 1. The lowest BCUT2D eigenvalue weighted by Gasteiger charge is -2.16. The van der Waals surface area contributed by atoms with Crippen molar-refractivity contribution in [1.82, 2.24) is 24.7 Å². The van der Waals surface area contributed by atoms with Gasteiger partial charge in [-0.25, -0.2) is 27.8 Å². The van der Waals surface area contributed by atoms with Crippen molar-refractivity contribution < 1.29 is 17.5 Å². The Balaban J connectivity index is 1.56. The Morgan fingerprint density at radius 3 is 2.63 bits per heavy atom. The van der Waals surface area contributed by atoms with Crippen LogP contribution in [0.1, 0.15) is 11.3 Å². The Morgan fingerprint density at radius 1 is 1.11 bits per heavy atom. The molecule has 0 radical (unpaired) electrons. The predicted octanol–water partition coefficient (Wildman–Crippen LogP) is 4.84. The molecule has 5 aromatic rings. The molecule has 0 bridgehead atoms. The third kappa shape index (κ3) is 5.08. The minimum Gasteiger partial charge on any atom is -0.437 e. The first-order valence-electron chi connectivity index (χ1n) is 11.2. The Morgan fingerprint density at radius 2 is 1.89 bits per heavy atom. The lowest BCUT2D eigenvalue weighted by Crippen LogP contribution is -2.17. The summed E-state index contributed by atoms with van der Waals surface area (Å²) in [6.07, 6.45) is 4.57.